The van der Waals surface area contributed by atoms with Gasteiger partial charge in [0.15, 0.2) is 0 Å². The first kappa shape index (κ1) is 19.2. The highest BCUT2D eigenvalue weighted by atomic mass is 16.3. The maximum absolute atomic E-state index is 10.7. The highest BCUT2D eigenvalue weighted by molar-refractivity contribution is 5.87. The summed E-state index contributed by atoms with van der Waals surface area (Å²) in [6, 6.07) is 24.8. The molecule has 0 fully saturated rings. The highest BCUT2D eigenvalue weighted by Crippen LogP contribution is 2.39. The van der Waals surface area contributed by atoms with Gasteiger partial charge in [-0.25, -0.2) is 0 Å². The maximum Gasteiger partial charge on any atom is 0.123 e. The molecule has 0 heterocycles. The maximum atomic E-state index is 10.7. The van der Waals surface area contributed by atoms with E-state index in [9.17, 15) is 5.11 Å². The third kappa shape index (κ3) is 5.01. The zero-order chi connectivity index (χ0) is 18.9. The van der Waals surface area contributed by atoms with Crippen molar-refractivity contribution in [3.05, 3.63) is 78.4 Å². The van der Waals surface area contributed by atoms with Crippen molar-refractivity contribution in [2.24, 2.45) is 0 Å². The summed E-state index contributed by atoms with van der Waals surface area (Å²) >= 11 is 0. The molecular weight excluding hydrogens is 328 g/mol. The minimum atomic E-state index is 0.377. The molecule has 0 aliphatic carbocycles. The molecule has 3 aromatic rings. The van der Waals surface area contributed by atoms with Gasteiger partial charge in [0.2, 0.25) is 0 Å². The lowest BCUT2D eigenvalue weighted by molar-refractivity contribution is 0.476. The van der Waals surface area contributed by atoms with Gasteiger partial charge in [0.1, 0.15) is 5.75 Å². The molecule has 0 aromatic heterocycles. The quantitative estimate of drug-likeness (QED) is 0.390. The number of unbranched alkanes of at least 4 members (excludes halogenated alkanes) is 5. The van der Waals surface area contributed by atoms with Crippen molar-refractivity contribution < 1.29 is 5.11 Å². The van der Waals surface area contributed by atoms with Crippen LogP contribution in [0.5, 0.6) is 5.75 Å². The summed E-state index contributed by atoms with van der Waals surface area (Å²) in [5.74, 6) is 0.377. The number of hydrogen-bond acceptors (Lipinski definition) is 1. The van der Waals surface area contributed by atoms with Crippen molar-refractivity contribution in [1.82, 2.24) is 0 Å². The Balaban J connectivity index is 1.87. The molecule has 0 unspecified atom stereocenters. The van der Waals surface area contributed by atoms with E-state index in [0.29, 0.717) is 5.75 Å². The van der Waals surface area contributed by atoms with E-state index in [-0.39, 0.29) is 0 Å². The zero-order valence-corrected chi connectivity index (χ0v) is 16.3. The fourth-order valence-electron chi connectivity index (χ4n) is 3.77. The van der Waals surface area contributed by atoms with Gasteiger partial charge in [-0.05, 0) is 41.2 Å². The smallest absolute Gasteiger partial charge is 0.123 e. The van der Waals surface area contributed by atoms with Gasteiger partial charge in [0.25, 0.3) is 0 Å². The number of aryl methyl sites for hydroxylation is 1. The molecule has 1 nitrogen and oxygen atoms in total. The van der Waals surface area contributed by atoms with Crippen LogP contribution in [0.2, 0.25) is 0 Å². The largest absolute Gasteiger partial charge is 0.507 e. The zero-order valence-electron chi connectivity index (χ0n) is 16.3. The topological polar surface area (TPSA) is 20.2 Å². The lowest BCUT2D eigenvalue weighted by Crippen LogP contribution is -1.94. The third-order valence-corrected chi connectivity index (χ3v) is 5.21. The van der Waals surface area contributed by atoms with Gasteiger partial charge in [-0.15, -0.1) is 0 Å². The van der Waals surface area contributed by atoms with E-state index in [1.165, 1.54) is 55.2 Å². The van der Waals surface area contributed by atoms with E-state index >= 15 is 0 Å². The van der Waals surface area contributed by atoms with Crippen LogP contribution in [-0.4, -0.2) is 5.11 Å². The van der Waals surface area contributed by atoms with E-state index in [1.54, 1.807) is 0 Å². The number of phenolic OH excluding ortho intramolecular Hbond substituents is 1. The molecular formula is C26H30O. The van der Waals surface area contributed by atoms with Crippen LogP contribution in [0.3, 0.4) is 0 Å². The van der Waals surface area contributed by atoms with E-state index in [0.717, 1.165) is 17.5 Å². The van der Waals surface area contributed by atoms with Crippen LogP contribution in [0.15, 0.2) is 72.8 Å². The van der Waals surface area contributed by atoms with E-state index in [1.807, 2.05) is 18.2 Å². The van der Waals surface area contributed by atoms with Crippen molar-refractivity contribution in [1.29, 1.82) is 0 Å². The van der Waals surface area contributed by atoms with Crippen LogP contribution in [0, 0.1) is 0 Å². The van der Waals surface area contributed by atoms with E-state index in [4.69, 9.17) is 0 Å². The molecule has 0 saturated carbocycles. The number of benzene rings is 3. The summed E-state index contributed by atoms with van der Waals surface area (Å²) in [7, 11) is 0. The second-order valence-corrected chi connectivity index (χ2v) is 7.24. The molecule has 0 aliphatic rings. The molecule has 0 amide bonds. The Bertz CT molecular complexity index is 836. The number of phenols is 1. The van der Waals surface area contributed by atoms with Gasteiger partial charge >= 0.3 is 0 Å². The molecule has 3 aromatic carbocycles. The van der Waals surface area contributed by atoms with Crippen LogP contribution < -0.4 is 0 Å². The van der Waals surface area contributed by atoms with E-state index < -0.39 is 0 Å². The standard InChI is InChI=1S/C26H30O/c1-2-3-4-5-6-8-16-22-17-13-20-25(27)26(22)24-19-12-11-18-23(24)21-14-9-7-10-15-21/h7,9-15,17-20,27H,2-6,8,16H2,1H3. The Labute approximate surface area is 163 Å². The van der Waals surface area contributed by atoms with Gasteiger partial charge in [-0.1, -0.05) is 106 Å². The summed E-state index contributed by atoms with van der Waals surface area (Å²) < 4.78 is 0. The average Bonchev–Trinajstić information content (AvgIpc) is 2.71. The molecule has 0 saturated heterocycles. The minimum Gasteiger partial charge on any atom is -0.507 e. The van der Waals surface area contributed by atoms with Gasteiger partial charge in [-0.3, -0.25) is 0 Å². The van der Waals surface area contributed by atoms with Gasteiger partial charge in [-0.2, -0.15) is 0 Å². The van der Waals surface area contributed by atoms with Crippen molar-refractivity contribution in [2.45, 2.75) is 51.9 Å². The van der Waals surface area contributed by atoms with Gasteiger partial charge < -0.3 is 5.11 Å². The van der Waals surface area contributed by atoms with Crippen LogP contribution in [0.4, 0.5) is 0 Å². The second kappa shape index (κ2) is 9.97. The summed E-state index contributed by atoms with van der Waals surface area (Å²) in [4.78, 5) is 0. The van der Waals surface area contributed by atoms with Crippen LogP contribution in [0.1, 0.15) is 51.0 Å². The third-order valence-electron chi connectivity index (χ3n) is 5.21. The van der Waals surface area contributed by atoms with Crippen molar-refractivity contribution in [2.75, 3.05) is 0 Å². The lowest BCUT2D eigenvalue weighted by atomic mass is 9.89. The van der Waals surface area contributed by atoms with Gasteiger partial charge in [0.05, 0.1) is 0 Å². The minimum absolute atomic E-state index is 0.377. The summed E-state index contributed by atoms with van der Waals surface area (Å²) in [6.45, 7) is 2.25. The molecule has 1 heteroatoms. The fourth-order valence-corrected chi connectivity index (χ4v) is 3.77. The van der Waals surface area contributed by atoms with Gasteiger partial charge in [0, 0.05) is 5.56 Å². The van der Waals surface area contributed by atoms with E-state index in [2.05, 4.69) is 61.5 Å². The Morgan fingerprint density at radius 1 is 0.630 bits per heavy atom. The SMILES string of the molecule is CCCCCCCCc1cccc(O)c1-c1ccccc1-c1ccccc1. The second-order valence-electron chi connectivity index (χ2n) is 7.24. The molecule has 3 rings (SSSR count). The first-order chi connectivity index (χ1) is 13.3. The number of aromatic hydroxyl groups is 1. The Morgan fingerprint density at radius 3 is 2.07 bits per heavy atom. The van der Waals surface area contributed by atoms with Crippen molar-refractivity contribution in [3.63, 3.8) is 0 Å². The van der Waals surface area contributed by atoms with Crippen molar-refractivity contribution >= 4 is 0 Å². The first-order valence-corrected chi connectivity index (χ1v) is 10.3. The predicted molar refractivity (Wildman–Crippen MR) is 116 cm³/mol. The Morgan fingerprint density at radius 2 is 1.30 bits per heavy atom. The molecule has 1 N–H and O–H groups in total. The lowest BCUT2D eigenvalue weighted by Gasteiger charge is -2.16. The Hall–Kier alpha value is -2.54. The molecule has 0 atom stereocenters. The molecule has 27 heavy (non-hydrogen) atoms. The average molecular weight is 359 g/mol. The number of rotatable bonds is 9. The van der Waals surface area contributed by atoms with Crippen molar-refractivity contribution in [3.8, 4) is 28.0 Å². The fraction of sp³-hybridized carbons (Fsp3) is 0.308. The monoisotopic (exact) mass is 358 g/mol. The normalized spacial score (nSPS) is 10.9. The first-order valence-electron chi connectivity index (χ1n) is 10.3. The summed E-state index contributed by atoms with van der Waals surface area (Å²) in [5.41, 5.74) is 5.70. The number of hydrogen-bond donors (Lipinski definition) is 1. The molecule has 0 bridgehead atoms. The molecule has 0 spiro atoms. The molecule has 140 valence electrons. The van der Waals surface area contributed by atoms with Crippen LogP contribution in [-0.2, 0) is 6.42 Å². The predicted octanol–water partition coefficient (Wildman–Crippen LogP) is 7.63. The summed E-state index contributed by atoms with van der Waals surface area (Å²) in [6.07, 6.45) is 8.71. The Kier molecular flexibility index (Phi) is 7.10. The molecule has 0 aliphatic heterocycles. The van der Waals surface area contributed by atoms with Crippen LogP contribution in [0.25, 0.3) is 22.3 Å². The van der Waals surface area contributed by atoms with Crippen LogP contribution >= 0.6 is 0 Å². The molecule has 0 radical (unpaired) electrons. The summed E-state index contributed by atoms with van der Waals surface area (Å²) in [5, 5.41) is 10.7. The highest BCUT2D eigenvalue weighted by Gasteiger charge is 2.14.